The van der Waals surface area contributed by atoms with E-state index in [2.05, 4.69) is 5.32 Å². The summed E-state index contributed by atoms with van der Waals surface area (Å²) in [4.78, 5) is 29.9. The Morgan fingerprint density at radius 3 is 2.32 bits per heavy atom. The van der Waals surface area contributed by atoms with E-state index in [4.69, 9.17) is 4.74 Å². The van der Waals surface area contributed by atoms with Crippen molar-refractivity contribution < 1.29 is 14.3 Å². The minimum absolute atomic E-state index is 0.0630. The molecule has 3 unspecified atom stereocenters. The third-order valence-corrected chi connectivity index (χ3v) is 7.58. The first-order valence-corrected chi connectivity index (χ1v) is 11.0. The number of thioether (sulfide) groups is 1. The second-order valence-electron chi connectivity index (χ2n) is 7.78. The lowest BCUT2D eigenvalue weighted by Gasteiger charge is -2.33. The average Bonchev–Trinajstić information content (AvgIpc) is 3.23. The Kier molecular flexibility index (Phi) is 4.74. The number of ether oxygens (including phenoxy) is 1. The second-order valence-corrected chi connectivity index (χ2v) is 8.95. The summed E-state index contributed by atoms with van der Waals surface area (Å²) in [5.41, 5.74) is 1.63. The van der Waals surface area contributed by atoms with Gasteiger partial charge in [-0.25, -0.2) is 0 Å². The van der Waals surface area contributed by atoms with Crippen LogP contribution in [-0.4, -0.2) is 31.2 Å². The molecule has 2 aliphatic heterocycles. The van der Waals surface area contributed by atoms with E-state index in [-0.39, 0.29) is 11.8 Å². The largest absolute Gasteiger partial charge is 0.497 e. The fraction of sp³-hybridized carbons (Fsp3) is 0.200. The molecule has 2 heterocycles. The van der Waals surface area contributed by atoms with Crippen LogP contribution in [0, 0.1) is 0 Å². The van der Waals surface area contributed by atoms with Gasteiger partial charge in [-0.2, -0.15) is 0 Å². The fourth-order valence-corrected chi connectivity index (χ4v) is 6.06. The number of nitrogens with zero attached hydrogens (tertiary/aromatic N) is 1. The average molecular weight is 431 g/mol. The number of hydrogen-bond acceptors (Lipinski definition) is 4. The Morgan fingerprint density at radius 1 is 0.935 bits per heavy atom. The predicted octanol–water partition coefficient (Wildman–Crippen LogP) is 3.94. The predicted molar refractivity (Wildman–Crippen MR) is 121 cm³/mol. The van der Waals surface area contributed by atoms with Crippen molar-refractivity contribution in [2.45, 2.75) is 21.6 Å². The molecule has 2 amide bonds. The van der Waals surface area contributed by atoms with Crippen molar-refractivity contribution in [2.24, 2.45) is 0 Å². The number of anilines is 1. The molecule has 0 aliphatic carbocycles. The SMILES string of the molecule is COc1ccc(SC2C(=O)NC(c3ccccc3)C23C(=O)N(C)c2ccccc23)cc1. The molecule has 3 aromatic rings. The van der Waals surface area contributed by atoms with Crippen LogP contribution >= 0.6 is 11.8 Å². The van der Waals surface area contributed by atoms with Crippen LogP contribution in [0.1, 0.15) is 17.2 Å². The molecule has 3 atom stereocenters. The van der Waals surface area contributed by atoms with Gasteiger partial charge in [0.15, 0.2) is 0 Å². The van der Waals surface area contributed by atoms with Crippen molar-refractivity contribution >= 4 is 29.3 Å². The van der Waals surface area contributed by atoms with Crippen molar-refractivity contribution in [1.82, 2.24) is 5.32 Å². The Morgan fingerprint density at radius 2 is 1.61 bits per heavy atom. The van der Waals surface area contributed by atoms with Gasteiger partial charge in [0.2, 0.25) is 11.8 Å². The highest BCUT2D eigenvalue weighted by molar-refractivity contribution is 8.00. The van der Waals surface area contributed by atoms with Gasteiger partial charge in [0.25, 0.3) is 0 Å². The number of carbonyl (C=O) groups excluding carboxylic acids is 2. The van der Waals surface area contributed by atoms with Crippen LogP contribution in [0.15, 0.2) is 83.8 Å². The molecule has 0 bridgehead atoms. The highest BCUT2D eigenvalue weighted by Crippen LogP contribution is 2.57. The van der Waals surface area contributed by atoms with Gasteiger partial charge >= 0.3 is 0 Å². The molecule has 2 aliphatic rings. The van der Waals surface area contributed by atoms with Crippen molar-refractivity contribution in [3.63, 3.8) is 0 Å². The summed E-state index contributed by atoms with van der Waals surface area (Å²) >= 11 is 1.43. The number of para-hydroxylation sites is 1. The lowest BCUT2D eigenvalue weighted by Crippen LogP contribution is -2.48. The van der Waals surface area contributed by atoms with E-state index >= 15 is 0 Å². The van der Waals surface area contributed by atoms with Crippen LogP contribution in [0.5, 0.6) is 5.75 Å². The van der Waals surface area contributed by atoms with E-state index < -0.39 is 16.7 Å². The number of carbonyl (C=O) groups is 2. The quantitative estimate of drug-likeness (QED) is 0.681. The normalized spacial score (nSPS) is 24.4. The molecule has 0 saturated carbocycles. The van der Waals surface area contributed by atoms with Crippen molar-refractivity contribution in [2.75, 3.05) is 19.1 Å². The first kappa shape index (κ1) is 19.7. The lowest BCUT2D eigenvalue weighted by atomic mass is 9.72. The van der Waals surface area contributed by atoms with Crippen LogP contribution < -0.4 is 15.0 Å². The number of fused-ring (bicyclic) bond motifs is 2. The third kappa shape index (κ3) is 2.86. The van der Waals surface area contributed by atoms with E-state index in [9.17, 15) is 9.59 Å². The van der Waals surface area contributed by atoms with E-state index in [1.54, 1.807) is 19.1 Å². The van der Waals surface area contributed by atoms with E-state index in [1.807, 2.05) is 78.9 Å². The molecule has 1 spiro atoms. The standard InChI is InChI=1S/C25H22N2O3S/c1-27-20-11-7-6-10-19(20)25(24(27)29)21(16-8-4-3-5-9-16)26-23(28)22(25)31-18-14-12-17(30-2)13-15-18/h3-15,21-22H,1-2H3,(H,26,28). The molecule has 156 valence electrons. The highest BCUT2D eigenvalue weighted by atomic mass is 32.2. The van der Waals surface area contributed by atoms with E-state index in [0.29, 0.717) is 0 Å². The molecule has 6 heteroatoms. The highest BCUT2D eigenvalue weighted by Gasteiger charge is 2.66. The maximum atomic E-state index is 13.9. The topological polar surface area (TPSA) is 58.6 Å². The lowest BCUT2D eigenvalue weighted by molar-refractivity contribution is -0.125. The van der Waals surface area contributed by atoms with Crippen LogP contribution in [0.3, 0.4) is 0 Å². The monoisotopic (exact) mass is 430 g/mol. The number of benzene rings is 3. The molecule has 0 radical (unpaired) electrons. The van der Waals surface area contributed by atoms with Crippen molar-refractivity contribution in [3.8, 4) is 5.75 Å². The van der Waals surface area contributed by atoms with Gasteiger partial charge in [0, 0.05) is 17.6 Å². The van der Waals surface area contributed by atoms with Gasteiger partial charge in [-0.15, -0.1) is 11.8 Å². The van der Waals surface area contributed by atoms with Crippen molar-refractivity contribution in [1.29, 1.82) is 0 Å². The Bertz CT molecular complexity index is 1150. The van der Waals surface area contributed by atoms with Gasteiger partial charge in [-0.05, 0) is 41.5 Å². The number of likely N-dealkylation sites (N-methyl/N-ethyl adjacent to an activating group) is 1. The molecule has 5 rings (SSSR count). The van der Waals surface area contributed by atoms with Gasteiger partial charge in [0.05, 0.1) is 13.2 Å². The Hall–Kier alpha value is -3.25. The van der Waals surface area contributed by atoms with Crippen LogP contribution in [0.2, 0.25) is 0 Å². The first-order chi connectivity index (χ1) is 15.1. The summed E-state index contributed by atoms with van der Waals surface area (Å²) in [5, 5.41) is 2.55. The minimum atomic E-state index is -1.03. The summed E-state index contributed by atoms with van der Waals surface area (Å²) in [5.74, 6) is 0.555. The number of hydrogen-bond donors (Lipinski definition) is 1. The summed E-state index contributed by atoms with van der Waals surface area (Å²) in [6.45, 7) is 0. The molecular weight excluding hydrogens is 408 g/mol. The van der Waals surface area contributed by atoms with Crippen LogP contribution in [0.4, 0.5) is 5.69 Å². The molecule has 1 fully saturated rings. The fourth-order valence-electron chi connectivity index (χ4n) is 4.77. The van der Waals surface area contributed by atoms with Crippen LogP contribution in [-0.2, 0) is 15.0 Å². The minimum Gasteiger partial charge on any atom is -0.497 e. The zero-order valence-electron chi connectivity index (χ0n) is 17.2. The molecule has 1 N–H and O–H groups in total. The molecular formula is C25H22N2O3S. The Labute approximate surface area is 185 Å². The maximum Gasteiger partial charge on any atom is 0.241 e. The number of methoxy groups -OCH3 is 1. The summed E-state index contributed by atoms with van der Waals surface area (Å²) in [7, 11) is 3.41. The van der Waals surface area contributed by atoms with Gasteiger partial charge < -0.3 is 15.0 Å². The number of amides is 2. The Balaban J connectivity index is 1.68. The molecule has 1 saturated heterocycles. The second kappa shape index (κ2) is 7.46. The zero-order chi connectivity index (χ0) is 21.6. The summed E-state index contributed by atoms with van der Waals surface area (Å²) in [6, 6.07) is 24.7. The molecule has 0 aromatic heterocycles. The van der Waals surface area contributed by atoms with Gasteiger partial charge in [0.1, 0.15) is 16.4 Å². The smallest absolute Gasteiger partial charge is 0.241 e. The zero-order valence-corrected chi connectivity index (χ0v) is 18.1. The molecule has 5 nitrogen and oxygen atoms in total. The summed E-state index contributed by atoms with van der Waals surface area (Å²) in [6.07, 6.45) is 0. The van der Waals surface area contributed by atoms with Crippen molar-refractivity contribution in [3.05, 3.63) is 90.0 Å². The number of rotatable bonds is 4. The first-order valence-electron chi connectivity index (χ1n) is 10.1. The maximum absolute atomic E-state index is 13.9. The van der Waals surface area contributed by atoms with Gasteiger partial charge in [-0.1, -0.05) is 48.5 Å². The van der Waals surface area contributed by atoms with Crippen LogP contribution in [0.25, 0.3) is 0 Å². The van der Waals surface area contributed by atoms with Gasteiger partial charge in [-0.3, -0.25) is 9.59 Å². The number of nitrogens with one attached hydrogen (secondary N) is 1. The van der Waals surface area contributed by atoms with E-state index in [0.717, 1.165) is 27.5 Å². The third-order valence-electron chi connectivity index (χ3n) is 6.21. The molecule has 3 aromatic carbocycles. The van der Waals surface area contributed by atoms with E-state index in [1.165, 1.54) is 11.8 Å². The molecule has 31 heavy (non-hydrogen) atoms. The summed E-state index contributed by atoms with van der Waals surface area (Å²) < 4.78 is 5.26.